The normalized spacial score (nSPS) is 11.3. The molecule has 4 rings (SSSR count). The number of benzene rings is 2. The van der Waals surface area contributed by atoms with Crippen molar-refractivity contribution >= 4 is 29.3 Å². The largest absolute Gasteiger partial charge is 0.303 e. The van der Waals surface area contributed by atoms with Gasteiger partial charge in [-0.2, -0.15) is 10.2 Å². The maximum Gasteiger partial charge on any atom is 0.299 e. The summed E-state index contributed by atoms with van der Waals surface area (Å²) >= 11 is 5.12. The zero-order valence-corrected chi connectivity index (χ0v) is 17.3. The van der Waals surface area contributed by atoms with Crippen molar-refractivity contribution in [2.24, 2.45) is 17.3 Å². The van der Waals surface area contributed by atoms with Crippen LogP contribution in [-0.2, 0) is 7.05 Å². The fourth-order valence-corrected chi connectivity index (χ4v) is 3.08. The molecule has 0 unspecified atom stereocenters. The van der Waals surface area contributed by atoms with Crippen molar-refractivity contribution in [1.29, 1.82) is 0 Å². The molecule has 0 spiro atoms. The van der Waals surface area contributed by atoms with Crippen molar-refractivity contribution in [1.82, 2.24) is 24.5 Å². The van der Waals surface area contributed by atoms with E-state index in [2.05, 4.69) is 25.5 Å². The monoisotopic (exact) mass is 436 g/mol. The number of H-pyrrole nitrogens is 2. The second kappa shape index (κ2) is 7.91. The van der Waals surface area contributed by atoms with Crippen molar-refractivity contribution < 1.29 is 4.92 Å². The minimum absolute atomic E-state index is 0.0594. The number of nitrogens with one attached hydrogen (secondary N) is 2. The Morgan fingerprint density at radius 1 is 1.10 bits per heavy atom. The second-order valence-electron chi connectivity index (χ2n) is 6.66. The summed E-state index contributed by atoms with van der Waals surface area (Å²) in [4.78, 5) is 23.0. The van der Waals surface area contributed by atoms with E-state index in [0.29, 0.717) is 27.7 Å². The van der Waals surface area contributed by atoms with E-state index >= 15 is 0 Å². The lowest BCUT2D eigenvalue weighted by molar-refractivity contribution is -0.384. The Kier molecular flexibility index (Phi) is 5.13. The highest BCUT2D eigenvalue weighted by Gasteiger charge is 2.13. The van der Waals surface area contributed by atoms with Crippen molar-refractivity contribution in [3.8, 4) is 17.1 Å². The van der Waals surface area contributed by atoms with Gasteiger partial charge in [0, 0.05) is 24.7 Å². The molecule has 0 atom stereocenters. The van der Waals surface area contributed by atoms with Crippen LogP contribution < -0.4 is 5.56 Å². The summed E-state index contributed by atoms with van der Waals surface area (Å²) in [5.74, 6) is 0.695. The second-order valence-corrected chi connectivity index (χ2v) is 7.04. The molecule has 11 nitrogen and oxygen atoms in total. The predicted molar refractivity (Wildman–Crippen MR) is 116 cm³/mol. The maximum absolute atomic E-state index is 12.7. The van der Waals surface area contributed by atoms with Crippen LogP contribution >= 0.6 is 12.2 Å². The van der Waals surface area contributed by atoms with Crippen LogP contribution in [-0.4, -0.2) is 29.5 Å². The number of hydrogen-bond acceptors (Lipinski definition) is 7. The molecule has 0 saturated heterocycles. The molecular weight excluding hydrogens is 420 g/mol. The number of hydrogen-bond donors (Lipinski definition) is 2. The number of nitrogens with zero attached hydrogens (tertiary/aromatic N) is 6. The highest BCUT2D eigenvalue weighted by molar-refractivity contribution is 7.71. The lowest BCUT2D eigenvalue weighted by Gasteiger charge is -2.00. The summed E-state index contributed by atoms with van der Waals surface area (Å²) in [6.07, 6.45) is 0. The Labute approximate surface area is 179 Å². The fraction of sp³-hybridized carbons (Fsp3) is 0.105. The van der Waals surface area contributed by atoms with Gasteiger partial charge in [-0.1, -0.05) is 0 Å². The van der Waals surface area contributed by atoms with Crippen molar-refractivity contribution in [3.63, 3.8) is 0 Å². The first kappa shape index (κ1) is 20.1. The number of nitro groups is 1. The predicted octanol–water partition coefficient (Wildman–Crippen LogP) is 4.26. The lowest BCUT2D eigenvalue weighted by atomic mass is 10.2. The van der Waals surface area contributed by atoms with Gasteiger partial charge in [0.25, 0.3) is 11.2 Å². The van der Waals surface area contributed by atoms with Crippen molar-refractivity contribution in [3.05, 3.63) is 79.5 Å². The molecule has 0 aliphatic heterocycles. The first-order valence-corrected chi connectivity index (χ1v) is 9.46. The Hall–Kier alpha value is -4.19. The Morgan fingerprint density at radius 3 is 2.35 bits per heavy atom. The van der Waals surface area contributed by atoms with Gasteiger partial charge in [-0.3, -0.25) is 25.1 Å². The molecule has 4 aromatic rings. The number of azo groups is 1. The Morgan fingerprint density at radius 2 is 1.77 bits per heavy atom. The highest BCUT2D eigenvalue weighted by atomic mass is 32.1. The number of nitro benzene ring substituents is 1. The topological polar surface area (TPSA) is 139 Å². The zero-order valence-electron chi connectivity index (χ0n) is 16.4. The number of aryl methyl sites for hydroxylation is 1. The number of non-ortho nitro benzene ring substituents is 1. The third-order valence-corrected chi connectivity index (χ3v) is 5.00. The van der Waals surface area contributed by atoms with Gasteiger partial charge in [0.1, 0.15) is 0 Å². The Balaban J connectivity index is 1.59. The third-order valence-electron chi connectivity index (χ3n) is 4.63. The molecule has 31 heavy (non-hydrogen) atoms. The molecule has 0 bridgehead atoms. The molecule has 0 radical (unpaired) electrons. The van der Waals surface area contributed by atoms with E-state index in [0.717, 1.165) is 5.56 Å². The quantitative estimate of drug-likeness (QED) is 0.208. The van der Waals surface area contributed by atoms with Crippen molar-refractivity contribution in [2.75, 3.05) is 0 Å². The first-order valence-electron chi connectivity index (χ1n) is 9.05. The van der Waals surface area contributed by atoms with Crippen LogP contribution in [0.5, 0.6) is 0 Å². The van der Waals surface area contributed by atoms with Gasteiger partial charge in [0.2, 0.25) is 0 Å². The van der Waals surface area contributed by atoms with E-state index in [4.69, 9.17) is 12.2 Å². The van der Waals surface area contributed by atoms with Crippen LogP contribution in [0.4, 0.5) is 17.1 Å². The minimum Gasteiger partial charge on any atom is -0.303 e. The summed E-state index contributed by atoms with van der Waals surface area (Å²) in [7, 11) is 1.82. The van der Waals surface area contributed by atoms with E-state index in [9.17, 15) is 14.9 Å². The van der Waals surface area contributed by atoms with Gasteiger partial charge in [0.15, 0.2) is 16.3 Å². The lowest BCUT2D eigenvalue weighted by Crippen LogP contribution is -2.13. The average molecular weight is 436 g/mol. The smallest absolute Gasteiger partial charge is 0.299 e. The van der Waals surface area contributed by atoms with Crippen LogP contribution in [0.2, 0.25) is 0 Å². The van der Waals surface area contributed by atoms with Gasteiger partial charge in [-0.05, 0) is 55.5 Å². The van der Waals surface area contributed by atoms with E-state index in [-0.39, 0.29) is 11.4 Å². The SMILES string of the molecule is Cc1[nH]n(-c2ccc([N+](=O)[O-])cc2)c(=O)c1N=Nc1ccc(-c2n[nH]c(=S)n2C)cc1. The number of aromatic amines is 2. The van der Waals surface area contributed by atoms with Gasteiger partial charge in [0.05, 0.1) is 22.0 Å². The van der Waals surface area contributed by atoms with Crippen LogP contribution in [0.25, 0.3) is 17.1 Å². The fourth-order valence-electron chi connectivity index (χ4n) is 2.95. The molecule has 2 aromatic heterocycles. The molecule has 156 valence electrons. The zero-order chi connectivity index (χ0) is 22.1. The van der Waals surface area contributed by atoms with Crippen LogP contribution in [0.3, 0.4) is 0 Å². The molecular formula is C19H16N8O3S. The summed E-state index contributed by atoms with van der Waals surface area (Å²) < 4.78 is 3.54. The summed E-state index contributed by atoms with van der Waals surface area (Å²) in [5.41, 5.74) is 2.07. The first-order chi connectivity index (χ1) is 14.8. The highest BCUT2D eigenvalue weighted by Crippen LogP contribution is 2.23. The van der Waals surface area contributed by atoms with Gasteiger partial charge < -0.3 is 4.57 Å². The van der Waals surface area contributed by atoms with E-state index < -0.39 is 10.5 Å². The molecule has 2 aromatic carbocycles. The molecule has 2 N–H and O–H groups in total. The van der Waals surface area contributed by atoms with E-state index in [1.54, 1.807) is 23.6 Å². The van der Waals surface area contributed by atoms with E-state index in [1.165, 1.54) is 28.9 Å². The summed E-state index contributed by atoms with van der Waals surface area (Å²) in [6, 6.07) is 12.8. The maximum atomic E-state index is 12.7. The summed E-state index contributed by atoms with van der Waals surface area (Å²) in [5, 5.41) is 28.9. The molecule has 0 aliphatic carbocycles. The molecule has 0 saturated carbocycles. The van der Waals surface area contributed by atoms with Crippen LogP contribution in [0.1, 0.15) is 5.69 Å². The molecule has 0 amide bonds. The van der Waals surface area contributed by atoms with Crippen LogP contribution in [0.15, 0.2) is 63.6 Å². The molecule has 0 aliphatic rings. The summed E-state index contributed by atoms with van der Waals surface area (Å²) in [6.45, 7) is 1.70. The third kappa shape index (κ3) is 3.83. The standard InChI is InChI=1S/C19H16N8O3S/c1-11-16(18(28)26(24-11)14-7-9-15(10-8-14)27(29)30)21-20-13-5-3-12(4-6-13)17-22-23-19(31)25(17)2/h3-10,24H,1-2H3,(H,23,31). The van der Waals surface area contributed by atoms with Gasteiger partial charge in [-0.25, -0.2) is 4.68 Å². The molecule has 0 fully saturated rings. The van der Waals surface area contributed by atoms with Gasteiger partial charge in [-0.15, -0.1) is 5.11 Å². The molecule has 12 heteroatoms. The number of rotatable bonds is 5. The van der Waals surface area contributed by atoms with Gasteiger partial charge >= 0.3 is 0 Å². The van der Waals surface area contributed by atoms with E-state index in [1.807, 2.05) is 19.2 Å². The molecule has 2 heterocycles. The Bertz CT molecular complexity index is 1410. The van der Waals surface area contributed by atoms with Crippen LogP contribution in [0, 0.1) is 21.8 Å². The average Bonchev–Trinajstić information content (AvgIpc) is 3.25. The minimum atomic E-state index is -0.500. The van der Waals surface area contributed by atoms with Crippen molar-refractivity contribution in [2.45, 2.75) is 6.92 Å². The number of aromatic nitrogens is 5.